The number of ether oxygens (including phenoxy) is 1. The maximum atomic E-state index is 13.5. The van der Waals surface area contributed by atoms with Gasteiger partial charge in [0.05, 0.1) is 21.8 Å². The second-order valence-corrected chi connectivity index (χ2v) is 28.7. The molecule has 2 aliphatic heterocycles. The van der Waals surface area contributed by atoms with E-state index in [2.05, 4.69) is 24.3 Å². The number of likely N-dealkylation sites (N-methyl/N-ethyl adjacent to an activating group) is 2. The fourth-order valence-corrected chi connectivity index (χ4v) is 15.1. The van der Waals surface area contributed by atoms with Crippen LogP contribution in [0, 0.1) is 0 Å². The van der Waals surface area contributed by atoms with E-state index in [9.17, 15) is 56.7 Å². The van der Waals surface area contributed by atoms with E-state index in [1.165, 1.54) is 24.3 Å². The molecule has 88 heavy (non-hydrogen) atoms. The highest BCUT2D eigenvalue weighted by Gasteiger charge is 2.46. The van der Waals surface area contributed by atoms with Crippen molar-refractivity contribution in [3.05, 3.63) is 197 Å². The molecule has 462 valence electrons. The third-order valence-electron chi connectivity index (χ3n) is 16.4. The summed E-state index contributed by atoms with van der Waals surface area (Å²) in [4.78, 5) is 14.3. The van der Waals surface area contributed by atoms with Crippen molar-refractivity contribution in [3.8, 4) is 5.75 Å². The molecule has 0 unspecified atom stereocenters. The number of fused-ring (bicyclic) bond motifs is 6. The van der Waals surface area contributed by atoms with Gasteiger partial charge in [0, 0.05) is 77.6 Å². The Hall–Kier alpha value is -7.31. The first-order valence-corrected chi connectivity index (χ1v) is 34.8. The van der Waals surface area contributed by atoms with Crippen LogP contribution in [0.2, 0.25) is 0 Å². The van der Waals surface area contributed by atoms with E-state index < -0.39 is 70.9 Å². The zero-order valence-electron chi connectivity index (χ0n) is 49.4. The number of carbonyl (C=O) groups is 1. The van der Waals surface area contributed by atoms with Gasteiger partial charge in [0.2, 0.25) is 11.6 Å². The van der Waals surface area contributed by atoms with Crippen LogP contribution in [0.3, 0.4) is 0 Å². The third kappa shape index (κ3) is 13.5. The Bertz CT molecular complexity index is 4530. The minimum atomic E-state index is -5.00. The summed E-state index contributed by atoms with van der Waals surface area (Å²) in [5, 5.41) is 0.498. The highest BCUT2D eigenvalue weighted by molar-refractivity contribution is 7.87. The first kappa shape index (κ1) is 65.1. The molecular formula is C66H69ClN3O14S4+. The van der Waals surface area contributed by atoms with Crippen LogP contribution < -0.4 is 9.64 Å². The van der Waals surface area contributed by atoms with Crippen molar-refractivity contribution in [1.29, 1.82) is 0 Å². The summed E-state index contributed by atoms with van der Waals surface area (Å²) < 4.78 is 150. The largest absolute Gasteiger partial charge is 0.492 e. The van der Waals surface area contributed by atoms with E-state index in [4.69, 9.17) is 16.3 Å². The minimum Gasteiger partial charge on any atom is -0.492 e. The number of rotatable bonds is 23. The van der Waals surface area contributed by atoms with Gasteiger partial charge in [-0.25, -0.2) is 0 Å². The molecule has 4 N–H and O–H groups in total. The van der Waals surface area contributed by atoms with E-state index in [1.54, 1.807) is 42.3 Å². The molecule has 0 bridgehead atoms. The highest BCUT2D eigenvalue weighted by Crippen LogP contribution is 2.52. The molecule has 22 heteroatoms. The van der Waals surface area contributed by atoms with Gasteiger partial charge >= 0.3 is 0 Å². The van der Waals surface area contributed by atoms with Crippen LogP contribution in [0.5, 0.6) is 5.75 Å². The molecule has 2 heterocycles. The second-order valence-electron chi connectivity index (χ2n) is 22.7. The molecule has 0 aromatic heterocycles. The summed E-state index contributed by atoms with van der Waals surface area (Å²) >= 11 is 6.36. The smallest absolute Gasteiger partial charge is 0.295 e. The number of amides is 1. The maximum Gasteiger partial charge on any atom is 0.295 e. The van der Waals surface area contributed by atoms with Gasteiger partial charge in [-0.2, -0.15) is 38.2 Å². The second kappa shape index (κ2) is 25.7. The zero-order valence-corrected chi connectivity index (χ0v) is 53.4. The van der Waals surface area contributed by atoms with Gasteiger partial charge in [-0.1, -0.05) is 111 Å². The first-order valence-electron chi connectivity index (χ1n) is 28.5. The zero-order chi connectivity index (χ0) is 63.7. The highest BCUT2D eigenvalue weighted by atomic mass is 35.5. The molecule has 1 amide bonds. The molecule has 17 nitrogen and oxygen atoms in total. The number of anilines is 1. The fraction of sp³-hybridized carbons (Fsp3) is 0.273. The van der Waals surface area contributed by atoms with Crippen molar-refractivity contribution in [3.63, 3.8) is 0 Å². The number of unbranched alkanes of at least 4 members (excludes halogenated alkanes) is 2. The van der Waals surface area contributed by atoms with E-state index in [0.29, 0.717) is 79.4 Å². The summed E-state index contributed by atoms with van der Waals surface area (Å²) in [6.07, 6.45) is 11.9. The molecule has 2 aliphatic rings. The number of halogens is 1. The number of nitrogens with zero attached hydrogens (tertiary/aromatic N) is 3. The number of alkyl halides is 1. The predicted octanol–water partition coefficient (Wildman–Crippen LogP) is 12.9. The number of carbonyl (C=O) groups excluding carboxylic acids is 1. The number of hydrogen-bond donors (Lipinski definition) is 4. The number of allylic oxidation sites excluding steroid dienone is 7. The standard InChI is InChI=1S/C66H68ClN3O14S4/c1-7-69-55-33-31-51-53(40-48(85(72,73)74)42-57(51)87(78,79)80)63(55)65(2,3)59(69)24-16-10-17-25-60-66(4,5)64-54-41-49(86(75,76)77)43-58(88(81,82)83)52(54)32-34-56(64)70(60)37-19-11-18-26-61(71)68(6)38-39-84-47-29-27-46(28-30-47)62(45-22-14-9-15-23-45)50(35-36-67)44-20-12-8-13-21-44/h8-10,12-17,20-25,27-34,40-43H,7,11,18-19,26,35-39H2,1-6H3,(H3-,72,73,74,75,76,77,78,79,80,81,82,83)/p+1/b62-50-. The lowest BCUT2D eigenvalue weighted by Crippen LogP contribution is -2.30. The summed E-state index contributed by atoms with van der Waals surface area (Å²) in [7, 11) is -18.1. The van der Waals surface area contributed by atoms with Gasteiger partial charge in [0.1, 0.15) is 28.7 Å². The molecule has 7 aromatic carbocycles. The van der Waals surface area contributed by atoms with Crippen molar-refractivity contribution < 1.29 is 66.0 Å². The van der Waals surface area contributed by atoms with E-state index in [1.807, 2.05) is 117 Å². The Morgan fingerprint density at radius 2 is 1.17 bits per heavy atom. The molecule has 0 radical (unpaired) electrons. The van der Waals surface area contributed by atoms with Crippen molar-refractivity contribution in [1.82, 2.24) is 4.90 Å². The Labute approximate surface area is 519 Å². The number of hydrogen-bond acceptors (Lipinski definition) is 11. The van der Waals surface area contributed by atoms with Gasteiger partial charge in [-0.3, -0.25) is 23.0 Å². The predicted molar refractivity (Wildman–Crippen MR) is 345 cm³/mol. The molecule has 0 atom stereocenters. The molecule has 9 rings (SSSR count). The molecule has 0 aliphatic carbocycles. The average Bonchev–Trinajstić information content (AvgIpc) is 1.57. The summed E-state index contributed by atoms with van der Waals surface area (Å²) in [5.74, 6) is 1.07. The first-order chi connectivity index (χ1) is 41.5. The summed E-state index contributed by atoms with van der Waals surface area (Å²) in [5.41, 5.74) is 7.46. The van der Waals surface area contributed by atoms with Crippen molar-refractivity contribution in [2.24, 2.45) is 0 Å². The van der Waals surface area contributed by atoms with Crippen LogP contribution in [-0.2, 0) is 56.1 Å². The van der Waals surface area contributed by atoms with Crippen LogP contribution in [-0.4, -0.2) is 112 Å². The normalized spacial score (nSPS) is 15.9. The van der Waals surface area contributed by atoms with Gasteiger partial charge < -0.3 is 14.5 Å². The van der Waals surface area contributed by atoms with Gasteiger partial charge in [0.25, 0.3) is 40.5 Å². The minimum absolute atomic E-state index is 0.0440. The van der Waals surface area contributed by atoms with Crippen LogP contribution in [0.15, 0.2) is 189 Å². The number of benzene rings is 7. The SMILES string of the molecule is CCN1/C(=C/C=C/C=C/C2=[N+](CCCCCC(=O)N(C)CCOc3ccc(/C(=C(/CCCl)c4ccccc4)c4ccccc4)cc3)c3ccc4c(S(=O)(=O)O)cc(S(=O)(=O)O)cc4c3C2(C)C)C(C)(C)c2c1ccc1c(S(=O)(=O)O)cc(S(=O)(=O)O)cc21. The molecule has 7 aromatic rings. The molecular weight excluding hydrogens is 1220 g/mol. The lowest BCUT2D eigenvalue weighted by Gasteiger charge is -2.26. The quantitative estimate of drug-likeness (QED) is 0.0116. The van der Waals surface area contributed by atoms with Gasteiger partial charge in [-0.15, -0.1) is 11.6 Å². The Balaban J connectivity index is 0.929. The summed E-state index contributed by atoms with van der Waals surface area (Å²) in [6.45, 7) is 11.0. The van der Waals surface area contributed by atoms with Crippen molar-refractivity contribution in [2.75, 3.05) is 44.1 Å². The average molecular weight is 1290 g/mol. The third-order valence-corrected chi connectivity index (χ3v) is 20.0. The lowest BCUT2D eigenvalue weighted by molar-refractivity contribution is -0.438. The van der Waals surface area contributed by atoms with E-state index in [0.717, 1.165) is 51.4 Å². The van der Waals surface area contributed by atoms with E-state index >= 15 is 0 Å². The Kier molecular flexibility index (Phi) is 19.0. The van der Waals surface area contributed by atoms with Crippen LogP contribution >= 0.6 is 11.6 Å². The van der Waals surface area contributed by atoms with Gasteiger partial charge in [-0.05, 0) is 139 Å². The lowest BCUT2D eigenvalue weighted by atomic mass is 9.79. The van der Waals surface area contributed by atoms with Gasteiger partial charge in [0.15, 0.2) is 5.71 Å². The fourth-order valence-electron chi connectivity index (χ4n) is 12.3. The van der Waals surface area contributed by atoms with Crippen LogP contribution in [0.25, 0.3) is 32.7 Å². The molecule has 0 fully saturated rings. The van der Waals surface area contributed by atoms with Crippen molar-refractivity contribution in [2.45, 2.75) is 97.1 Å². The maximum absolute atomic E-state index is 13.5. The Morgan fingerprint density at radius 3 is 1.73 bits per heavy atom. The molecule has 0 saturated carbocycles. The molecule has 0 spiro atoms. The van der Waals surface area contributed by atoms with Crippen LogP contribution in [0.1, 0.15) is 94.5 Å². The summed E-state index contributed by atoms with van der Waals surface area (Å²) in [6, 6.07) is 38.6. The van der Waals surface area contributed by atoms with Crippen LogP contribution in [0.4, 0.5) is 11.4 Å². The van der Waals surface area contributed by atoms with E-state index in [-0.39, 0.29) is 40.5 Å². The molecule has 0 saturated heterocycles. The topological polar surface area (TPSA) is 253 Å². The van der Waals surface area contributed by atoms with Crippen molar-refractivity contribution >= 4 is 108 Å². The monoisotopic (exact) mass is 1290 g/mol. The Morgan fingerprint density at radius 1 is 0.614 bits per heavy atom.